The molecular weight excluding hydrogens is 309 g/mol. The average molecular weight is 324 g/mol. The van der Waals surface area contributed by atoms with Crippen LogP contribution in [0.2, 0.25) is 0 Å². The molecule has 0 bridgehead atoms. The molecule has 0 heterocycles. The topological polar surface area (TPSA) is 0 Å². The van der Waals surface area contributed by atoms with Crippen LogP contribution in [0.25, 0.3) is 11.6 Å². The summed E-state index contributed by atoms with van der Waals surface area (Å²) < 4.78 is 38.1. The maximum atomic E-state index is 12.7. The summed E-state index contributed by atoms with van der Waals surface area (Å²) in [5, 5.41) is 0. The third kappa shape index (κ3) is 3.74. The molecule has 3 heteroatoms. The Morgan fingerprint density at radius 3 is 1.50 bits per heavy atom. The third-order valence-corrected chi connectivity index (χ3v) is 3.72. The Morgan fingerprint density at radius 1 is 0.625 bits per heavy atom. The van der Waals surface area contributed by atoms with E-state index in [4.69, 9.17) is 0 Å². The second kappa shape index (κ2) is 6.75. The fourth-order valence-electron chi connectivity index (χ4n) is 2.50. The minimum Gasteiger partial charge on any atom is -0.166 e. The zero-order valence-electron chi connectivity index (χ0n) is 12.8. The summed E-state index contributed by atoms with van der Waals surface area (Å²) in [6.07, 6.45) is -2.41. The molecule has 0 aliphatic carbocycles. The van der Waals surface area contributed by atoms with Crippen molar-refractivity contribution in [1.29, 1.82) is 0 Å². The maximum Gasteiger partial charge on any atom is 0.416 e. The van der Waals surface area contributed by atoms with E-state index in [2.05, 4.69) is 0 Å². The van der Waals surface area contributed by atoms with Crippen molar-refractivity contribution >= 4 is 11.6 Å². The Morgan fingerprint density at radius 2 is 1.08 bits per heavy atom. The van der Waals surface area contributed by atoms with Gasteiger partial charge in [0, 0.05) is 0 Å². The molecular formula is C21H15F3. The van der Waals surface area contributed by atoms with Gasteiger partial charge in [-0.05, 0) is 40.5 Å². The van der Waals surface area contributed by atoms with Crippen molar-refractivity contribution in [2.45, 2.75) is 6.18 Å². The SMILES string of the molecule is FC(F)(F)c1ccc(C=C(c2ccccc2)c2ccccc2)cc1. The molecule has 0 spiro atoms. The normalized spacial score (nSPS) is 11.1. The molecule has 3 aromatic carbocycles. The van der Waals surface area contributed by atoms with Crippen LogP contribution in [0.1, 0.15) is 22.3 Å². The van der Waals surface area contributed by atoms with Crippen LogP contribution in [-0.4, -0.2) is 0 Å². The quantitative estimate of drug-likeness (QED) is 0.496. The maximum absolute atomic E-state index is 12.7. The highest BCUT2D eigenvalue weighted by atomic mass is 19.4. The van der Waals surface area contributed by atoms with E-state index in [-0.39, 0.29) is 0 Å². The Kier molecular flexibility index (Phi) is 4.52. The molecule has 0 saturated heterocycles. The second-order valence-electron chi connectivity index (χ2n) is 5.41. The average Bonchev–Trinajstić information content (AvgIpc) is 2.61. The van der Waals surface area contributed by atoms with Crippen LogP contribution in [-0.2, 0) is 6.18 Å². The van der Waals surface area contributed by atoms with Gasteiger partial charge >= 0.3 is 6.18 Å². The first-order valence-corrected chi connectivity index (χ1v) is 7.54. The number of halogens is 3. The highest BCUT2D eigenvalue weighted by molar-refractivity contribution is 5.91. The van der Waals surface area contributed by atoms with Crippen molar-refractivity contribution in [3.8, 4) is 0 Å². The fourth-order valence-corrected chi connectivity index (χ4v) is 2.50. The molecule has 0 saturated carbocycles. The molecule has 0 radical (unpaired) electrons. The standard InChI is InChI=1S/C21H15F3/c22-21(23,24)19-13-11-16(12-14-19)15-20(17-7-3-1-4-8-17)18-9-5-2-6-10-18/h1-15H. The van der Waals surface area contributed by atoms with Crippen LogP contribution < -0.4 is 0 Å². The molecule has 3 rings (SSSR count). The van der Waals surface area contributed by atoms with Gasteiger partial charge in [0.25, 0.3) is 0 Å². The number of benzene rings is 3. The summed E-state index contributed by atoms with van der Waals surface area (Å²) in [6, 6.07) is 24.8. The van der Waals surface area contributed by atoms with Gasteiger partial charge in [-0.1, -0.05) is 72.8 Å². The summed E-state index contributed by atoms with van der Waals surface area (Å²) >= 11 is 0. The highest BCUT2D eigenvalue weighted by Gasteiger charge is 2.29. The molecule has 3 aromatic rings. The summed E-state index contributed by atoms with van der Waals surface area (Å²) in [5.74, 6) is 0. The van der Waals surface area contributed by atoms with Crippen molar-refractivity contribution in [1.82, 2.24) is 0 Å². The van der Waals surface area contributed by atoms with Gasteiger partial charge in [0.15, 0.2) is 0 Å². The van der Waals surface area contributed by atoms with Crippen molar-refractivity contribution in [3.05, 3.63) is 107 Å². The number of hydrogen-bond donors (Lipinski definition) is 0. The Hall–Kier alpha value is -2.81. The van der Waals surface area contributed by atoms with E-state index in [0.717, 1.165) is 34.4 Å². The Labute approximate surface area is 138 Å². The Balaban J connectivity index is 2.04. The van der Waals surface area contributed by atoms with Gasteiger partial charge in [-0.3, -0.25) is 0 Å². The minimum atomic E-state index is -4.32. The summed E-state index contributed by atoms with van der Waals surface area (Å²) in [7, 11) is 0. The van der Waals surface area contributed by atoms with Gasteiger partial charge in [0.05, 0.1) is 5.56 Å². The lowest BCUT2D eigenvalue weighted by Gasteiger charge is -2.10. The van der Waals surface area contributed by atoms with E-state index >= 15 is 0 Å². The van der Waals surface area contributed by atoms with E-state index in [1.165, 1.54) is 12.1 Å². The smallest absolute Gasteiger partial charge is 0.166 e. The van der Waals surface area contributed by atoms with Crippen molar-refractivity contribution in [2.24, 2.45) is 0 Å². The largest absolute Gasteiger partial charge is 0.416 e. The van der Waals surface area contributed by atoms with Crippen molar-refractivity contribution in [3.63, 3.8) is 0 Å². The van der Waals surface area contributed by atoms with Crippen LogP contribution in [0.5, 0.6) is 0 Å². The first-order valence-electron chi connectivity index (χ1n) is 7.54. The molecule has 0 aliphatic heterocycles. The lowest BCUT2D eigenvalue weighted by Crippen LogP contribution is -2.04. The molecule has 0 aromatic heterocycles. The van der Waals surface area contributed by atoms with Gasteiger partial charge in [0.2, 0.25) is 0 Å². The molecule has 0 aliphatic rings. The van der Waals surface area contributed by atoms with E-state index in [1.54, 1.807) is 0 Å². The van der Waals surface area contributed by atoms with Gasteiger partial charge in [0.1, 0.15) is 0 Å². The van der Waals surface area contributed by atoms with Crippen molar-refractivity contribution in [2.75, 3.05) is 0 Å². The lowest BCUT2D eigenvalue weighted by molar-refractivity contribution is -0.137. The van der Waals surface area contributed by atoms with Gasteiger partial charge in [-0.25, -0.2) is 0 Å². The first-order chi connectivity index (χ1) is 11.5. The molecule has 0 unspecified atom stereocenters. The van der Waals surface area contributed by atoms with Gasteiger partial charge < -0.3 is 0 Å². The van der Waals surface area contributed by atoms with E-state index in [0.29, 0.717) is 0 Å². The van der Waals surface area contributed by atoms with Gasteiger partial charge in [-0.2, -0.15) is 13.2 Å². The monoisotopic (exact) mass is 324 g/mol. The van der Waals surface area contributed by atoms with Crippen LogP contribution in [0.4, 0.5) is 13.2 Å². The van der Waals surface area contributed by atoms with Crippen molar-refractivity contribution < 1.29 is 13.2 Å². The molecule has 0 atom stereocenters. The number of rotatable bonds is 3. The molecule has 0 amide bonds. The van der Waals surface area contributed by atoms with E-state index in [1.807, 2.05) is 66.7 Å². The van der Waals surface area contributed by atoms with E-state index < -0.39 is 11.7 Å². The molecule has 120 valence electrons. The predicted molar refractivity (Wildman–Crippen MR) is 91.3 cm³/mol. The predicted octanol–water partition coefficient (Wildman–Crippen LogP) is 6.29. The Bertz CT molecular complexity index is 773. The van der Waals surface area contributed by atoms with Crippen LogP contribution >= 0.6 is 0 Å². The minimum absolute atomic E-state index is 0.638. The first kappa shape index (κ1) is 16.1. The van der Waals surface area contributed by atoms with E-state index in [9.17, 15) is 13.2 Å². The molecule has 0 nitrogen and oxygen atoms in total. The summed E-state index contributed by atoms with van der Waals surface area (Å²) in [4.78, 5) is 0. The number of hydrogen-bond acceptors (Lipinski definition) is 0. The lowest BCUT2D eigenvalue weighted by atomic mass is 9.95. The zero-order chi connectivity index (χ0) is 17.0. The fraction of sp³-hybridized carbons (Fsp3) is 0.0476. The van der Waals surface area contributed by atoms with Gasteiger partial charge in [-0.15, -0.1) is 0 Å². The third-order valence-electron chi connectivity index (χ3n) is 3.72. The summed E-state index contributed by atoms with van der Waals surface area (Å²) in [5.41, 5.74) is 3.09. The zero-order valence-corrected chi connectivity index (χ0v) is 12.8. The molecule has 0 N–H and O–H groups in total. The van der Waals surface area contributed by atoms with Crippen LogP contribution in [0, 0.1) is 0 Å². The molecule has 24 heavy (non-hydrogen) atoms. The van der Waals surface area contributed by atoms with Crippen LogP contribution in [0.3, 0.4) is 0 Å². The molecule has 0 fully saturated rings. The number of alkyl halides is 3. The van der Waals surface area contributed by atoms with Crippen LogP contribution in [0.15, 0.2) is 84.9 Å². The highest BCUT2D eigenvalue weighted by Crippen LogP contribution is 2.30. The second-order valence-corrected chi connectivity index (χ2v) is 5.41. The summed E-state index contributed by atoms with van der Waals surface area (Å²) in [6.45, 7) is 0.